The summed E-state index contributed by atoms with van der Waals surface area (Å²) in [5.41, 5.74) is 1.18. The first-order valence-corrected chi connectivity index (χ1v) is 7.77. The zero-order valence-electron chi connectivity index (χ0n) is 14.6. The number of methoxy groups -OCH3 is 2. The van der Waals surface area contributed by atoms with Crippen LogP contribution in [0.25, 0.3) is 0 Å². The second-order valence-corrected chi connectivity index (χ2v) is 6.68. The van der Waals surface area contributed by atoms with Crippen molar-refractivity contribution in [1.82, 2.24) is 15.2 Å². The third kappa shape index (κ3) is 5.16. The van der Waals surface area contributed by atoms with Gasteiger partial charge in [-0.15, -0.1) is 0 Å². The summed E-state index contributed by atoms with van der Waals surface area (Å²) in [6.45, 7) is 7.32. The molecule has 1 aromatic heterocycles. The van der Waals surface area contributed by atoms with E-state index in [0.717, 1.165) is 42.5 Å². The summed E-state index contributed by atoms with van der Waals surface area (Å²) < 4.78 is 10.5. The Bertz CT molecular complexity index is 632. The molecule has 0 saturated heterocycles. The molecule has 0 radical (unpaired) electrons. The molecule has 23 heavy (non-hydrogen) atoms. The van der Waals surface area contributed by atoms with Gasteiger partial charge in [0.2, 0.25) is 0 Å². The van der Waals surface area contributed by atoms with Crippen molar-refractivity contribution in [3.05, 3.63) is 29.8 Å². The van der Waals surface area contributed by atoms with E-state index >= 15 is 0 Å². The summed E-state index contributed by atoms with van der Waals surface area (Å²) in [4.78, 5) is 4.54. The smallest absolute Gasteiger partial charge is 0.162 e. The molecule has 1 heterocycles. The van der Waals surface area contributed by atoms with Crippen molar-refractivity contribution in [3.8, 4) is 11.5 Å². The van der Waals surface area contributed by atoms with Gasteiger partial charge in [0.25, 0.3) is 0 Å². The quantitative estimate of drug-likeness (QED) is 0.821. The van der Waals surface area contributed by atoms with Crippen LogP contribution in [-0.2, 0) is 12.8 Å². The number of nitrogens with one attached hydrogen (secondary N) is 2. The Morgan fingerprint density at radius 1 is 1.13 bits per heavy atom. The minimum absolute atomic E-state index is 0.203. The van der Waals surface area contributed by atoms with E-state index in [1.54, 1.807) is 14.2 Å². The van der Waals surface area contributed by atoms with Gasteiger partial charge in [-0.25, -0.2) is 4.98 Å². The van der Waals surface area contributed by atoms with E-state index in [1.807, 2.05) is 18.2 Å². The maximum absolute atomic E-state index is 5.30. The molecule has 0 aliphatic heterocycles. The maximum atomic E-state index is 5.30. The molecule has 2 aromatic rings. The molecule has 1 aromatic carbocycles. The number of rotatable bonds is 7. The molecule has 0 bridgehead atoms. The van der Waals surface area contributed by atoms with Crippen LogP contribution in [-0.4, -0.2) is 35.9 Å². The van der Waals surface area contributed by atoms with Crippen molar-refractivity contribution >= 4 is 5.69 Å². The van der Waals surface area contributed by atoms with Gasteiger partial charge in [-0.05, 0) is 17.5 Å². The lowest BCUT2D eigenvalue weighted by Crippen LogP contribution is -2.10. The molecule has 6 heteroatoms. The minimum atomic E-state index is 0.203. The van der Waals surface area contributed by atoms with Crippen LogP contribution in [0.3, 0.4) is 0 Å². The monoisotopic (exact) mass is 318 g/mol. The van der Waals surface area contributed by atoms with E-state index in [1.165, 1.54) is 0 Å². The Labute approximate surface area is 137 Å². The Balaban J connectivity index is 1.88. The molecule has 2 N–H and O–H groups in total. The van der Waals surface area contributed by atoms with Crippen molar-refractivity contribution < 1.29 is 9.47 Å². The molecule has 0 fully saturated rings. The molecular formula is C17H26N4O2. The Hall–Kier alpha value is -2.24. The first-order valence-electron chi connectivity index (χ1n) is 7.77. The standard InChI is InChI=1S/C17H26N4O2/c1-17(2,3)11-16-19-15(20-21-16)8-9-18-12-6-7-13(22-4)14(10-12)23-5/h6-7,10,18H,8-9,11H2,1-5H3,(H,19,20,21). The van der Waals surface area contributed by atoms with Crippen molar-refractivity contribution in [3.63, 3.8) is 0 Å². The van der Waals surface area contributed by atoms with Gasteiger partial charge in [0.1, 0.15) is 5.82 Å². The highest BCUT2D eigenvalue weighted by Gasteiger charge is 2.14. The summed E-state index contributed by atoms with van der Waals surface area (Å²) in [7, 11) is 3.26. The third-order valence-electron chi connectivity index (χ3n) is 3.34. The zero-order valence-corrected chi connectivity index (χ0v) is 14.6. The van der Waals surface area contributed by atoms with Crippen molar-refractivity contribution in [2.75, 3.05) is 26.1 Å². The maximum Gasteiger partial charge on any atom is 0.162 e. The van der Waals surface area contributed by atoms with Crippen LogP contribution in [0, 0.1) is 5.41 Å². The van der Waals surface area contributed by atoms with Crippen LogP contribution >= 0.6 is 0 Å². The number of benzene rings is 1. The third-order valence-corrected chi connectivity index (χ3v) is 3.34. The van der Waals surface area contributed by atoms with E-state index in [-0.39, 0.29) is 5.41 Å². The summed E-state index contributed by atoms with van der Waals surface area (Å²) in [5, 5.41) is 10.6. The highest BCUT2D eigenvalue weighted by atomic mass is 16.5. The Morgan fingerprint density at radius 2 is 1.87 bits per heavy atom. The second kappa shape index (κ2) is 7.35. The van der Waals surface area contributed by atoms with Crippen LogP contribution in [0.4, 0.5) is 5.69 Å². The summed E-state index contributed by atoms with van der Waals surface area (Å²) >= 11 is 0. The predicted octanol–water partition coefficient (Wildman–Crippen LogP) is 3.07. The van der Waals surface area contributed by atoms with Crippen LogP contribution in [0.5, 0.6) is 11.5 Å². The number of H-pyrrole nitrogens is 1. The van der Waals surface area contributed by atoms with E-state index in [0.29, 0.717) is 5.75 Å². The van der Waals surface area contributed by atoms with Gasteiger partial charge in [0.05, 0.1) is 14.2 Å². The van der Waals surface area contributed by atoms with Gasteiger partial charge in [-0.3, -0.25) is 5.10 Å². The molecule has 6 nitrogen and oxygen atoms in total. The molecule has 0 spiro atoms. The topological polar surface area (TPSA) is 72.1 Å². The van der Waals surface area contributed by atoms with Gasteiger partial charge in [-0.2, -0.15) is 5.10 Å². The lowest BCUT2D eigenvalue weighted by atomic mass is 9.92. The van der Waals surface area contributed by atoms with Gasteiger partial charge in [-0.1, -0.05) is 20.8 Å². The van der Waals surface area contributed by atoms with Gasteiger partial charge >= 0.3 is 0 Å². The van der Waals surface area contributed by atoms with Gasteiger partial charge in [0, 0.05) is 31.1 Å². The fourth-order valence-electron chi connectivity index (χ4n) is 2.29. The number of hydrogen-bond acceptors (Lipinski definition) is 5. The lowest BCUT2D eigenvalue weighted by molar-refractivity contribution is 0.355. The molecule has 2 rings (SSSR count). The number of ether oxygens (including phenoxy) is 2. The van der Waals surface area contributed by atoms with Crippen LogP contribution < -0.4 is 14.8 Å². The number of nitrogens with zero attached hydrogens (tertiary/aromatic N) is 2. The number of anilines is 1. The summed E-state index contributed by atoms with van der Waals surface area (Å²) in [5.74, 6) is 3.21. The Morgan fingerprint density at radius 3 is 2.52 bits per heavy atom. The van der Waals surface area contributed by atoms with Gasteiger partial charge in [0.15, 0.2) is 17.3 Å². The summed E-state index contributed by atoms with van der Waals surface area (Å²) in [6.07, 6.45) is 1.65. The van der Waals surface area contributed by atoms with Crippen LogP contribution in [0.2, 0.25) is 0 Å². The number of aromatic nitrogens is 3. The predicted molar refractivity (Wildman–Crippen MR) is 91.3 cm³/mol. The zero-order chi connectivity index (χ0) is 16.9. The average Bonchev–Trinajstić information content (AvgIpc) is 2.92. The first kappa shape index (κ1) is 17.1. The SMILES string of the molecule is COc1ccc(NCCc2n[nH]c(CC(C)(C)C)n2)cc1OC. The van der Waals surface area contributed by atoms with E-state index in [9.17, 15) is 0 Å². The largest absolute Gasteiger partial charge is 0.493 e. The average molecular weight is 318 g/mol. The van der Waals surface area contributed by atoms with Crippen molar-refractivity contribution in [2.24, 2.45) is 5.41 Å². The van der Waals surface area contributed by atoms with Crippen molar-refractivity contribution in [2.45, 2.75) is 33.6 Å². The molecule has 0 aliphatic carbocycles. The first-order chi connectivity index (χ1) is 10.9. The molecule has 126 valence electrons. The lowest BCUT2D eigenvalue weighted by Gasteiger charge is -2.15. The van der Waals surface area contributed by atoms with Crippen LogP contribution in [0.1, 0.15) is 32.4 Å². The molecule has 0 saturated carbocycles. The van der Waals surface area contributed by atoms with E-state index in [2.05, 4.69) is 41.3 Å². The molecule has 0 aliphatic rings. The van der Waals surface area contributed by atoms with E-state index < -0.39 is 0 Å². The highest BCUT2D eigenvalue weighted by Crippen LogP contribution is 2.29. The molecular weight excluding hydrogens is 292 g/mol. The van der Waals surface area contributed by atoms with Crippen molar-refractivity contribution in [1.29, 1.82) is 0 Å². The number of hydrogen-bond donors (Lipinski definition) is 2. The second-order valence-electron chi connectivity index (χ2n) is 6.68. The normalized spacial score (nSPS) is 11.3. The summed E-state index contributed by atoms with van der Waals surface area (Å²) in [6, 6.07) is 5.77. The fourth-order valence-corrected chi connectivity index (χ4v) is 2.29. The molecule has 0 amide bonds. The fraction of sp³-hybridized carbons (Fsp3) is 0.529. The van der Waals surface area contributed by atoms with Gasteiger partial charge < -0.3 is 14.8 Å². The van der Waals surface area contributed by atoms with E-state index in [4.69, 9.17) is 9.47 Å². The number of aromatic amines is 1. The highest BCUT2D eigenvalue weighted by molar-refractivity contribution is 5.54. The molecule has 0 unspecified atom stereocenters. The minimum Gasteiger partial charge on any atom is -0.493 e. The van der Waals surface area contributed by atoms with Crippen LogP contribution in [0.15, 0.2) is 18.2 Å². The molecule has 0 atom stereocenters. The Kier molecular flexibility index (Phi) is 5.47.